The van der Waals surface area contributed by atoms with Crippen LogP contribution in [0, 0.1) is 11.7 Å². The Hall–Kier alpha value is -3.02. The molecule has 1 amide bonds. The van der Waals surface area contributed by atoms with Crippen LogP contribution in [0.4, 0.5) is 4.39 Å². The maximum atomic E-state index is 12.8. The molecule has 0 saturated carbocycles. The van der Waals surface area contributed by atoms with E-state index >= 15 is 0 Å². The summed E-state index contributed by atoms with van der Waals surface area (Å²) in [5, 5.41) is 10.2. The fourth-order valence-electron chi connectivity index (χ4n) is 5.11. The summed E-state index contributed by atoms with van der Waals surface area (Å²) in [6.45, 7) is 13.3. The van der Waals surface area contributed by atoms with Gasteiger partial charge in [-0.2, -0.15) is 0 Å². The number of aliphatic hydroxyl groups excluding tert-OH is 1. The highest BCUT2D eigenvalue weighted by Crippen LogP contribution is 2.28. The summed E-state index contributed by atoms with van der Waals surface area (Å²) in [5.74, 6) is 1.30. The van der Waals surface area contributed by atoms with Gasteiger partial charge in [-0.15, -0.1) is 6.58 Å². The van der Waals surface area contributed by atoms with Gasteiger partial charge in [0.1, 0.15) is 5.82 Å². The SMILES string of the molecule is C=CCCO.CCN1CCC(c2ccc(F)cc2)CC1.C[C@H]1CCN(C(=O)c2cccc3ccccc23)C1. The molecule has 3 aromatic carbocycles. The summed E-state index contributed by atoms with van der Waals surface area (Å²) in [4.78, 5) is 17.0. The largest absolute Gasteiger partial charge is 0.396 e. The van der Waals surface area contributed by atoms with E-state index in [9.17, 15) is 9.18 Å². The van der Waals surface area contributed by atoms with Crippen molar-refractivity contribution in [2.75, 3.05) is 39.3 Å². The number of hydrogen-bond donors (Lipinski definition) is 1. The van der Waals surface area contributed by atoms with Crippen LogP contribution in [-0.4, -0.2) is 60.1 Å². The molecule has 0 radical (unpaired) electrons. The molecule has 3 aromatic rings. The molecule has 5 rings (SSSR count). The Bertz CT molecular complexity index is 1130. The van der Waals surface area contributed by atoms with Gasteiger partial charge in [-0.05, 0) is 91.7 Å². The summed E-state index contributed by atoms with van der Waals surface area (Å²) in [5.41, 5.74) is 2.13. The Labute approximate surface area is 227 Å². The first-order valence-electron chi connectivity index (χ1n) is 13.9. The Morgan fingerprint density at radius 2 is 1.68 bits per heavy atom. The summed E-state index contributed by atoms with van der Waals surface area (Å²) in [6, 6.07) is 21.1. The van der Waals surface area contributed by atoms with Gasteiger partial charge in [0, 0.05) is 25.3 Å². The van der Waals surface area contributed by atoms with Crippen LogP contribution in [-0.2, 0) is 0 Å². The van der Waals surface area contributed by atoms with Crippen molar-refractivity contribution in [2.24, 2.45) is 5.92 Å². The molecule has 0 spiro atoms. The Morgan fingerprint density at radius 3 is 2.26 bits per heavy atom. The lowest BCUT2D eigenvalue weighted by Crippen LogP contribution is -2.32. The number of hydrogen-bond acceptors (Lipinski definition) is 3. The molecule has 4 nitrogen and oxygen atoms in total. The molecule has 2 heterocycles. The number of fused-ring (bicyclic) bond motifs is 1. The minimum absolute atomic E-state index is 0.134. The van der Waals surface area contributed by atoms with Crippen LogP contribution in [0.2, 0.25) is 0 Å². The zero-order valence-electron chi connectivity index (χ0n) is 23.0. The lowest BCUT2D eigenvalue weighted by atomic mass is 9.89. The molecule has 0 unspecified atom stereocenters. The van der Waals surface area contributed by atoms with Crippen LogP contribution in [0.15, 0.2) is 79.4 Å². The fourth-order valence-corrected chi connectivity index (χ4v) is 5.11. The lowest BCUT2D eigenvalue weighted by Gasteiger charge is -2.31. The number of rotatable bonds is 5. The van der Waals surface area contributed by atoms with E-state index in [2.05, 4.69) is 37.5 Å². The average molecular weight is 519 g/mol. The predicted octanol–water partition coefficient (Wildman–Crippen LogP) is 6.90. The minimum Gasteiger partial charge on any atom is -0.396 e. The predicted molar refractivity (Wildman–Crippen MR) is 156 cm³/mol. The second kappa shape index (κ2) is 15.4. The van der Waals surface area contributed by atoms with Crippen molar-refractivity contribution in [1.29, 1.82) is 0 Å². The molecule has 204 valence electrons. The second-order valence-corrected chi connectivity index (χ2v) is 10.2. The van der Waals surface area contributed by atoms with E-state index in [1.807, 2.05) is 47.4 Å². The molecule has 2 saturated heterocycles. The monoisotopic (exact) mass is 518 g/mol. The number of benzene rings is 3. The van der Waals surface area contributed by atoms with E-state index in [0.717, 1.165) is 42.4 Å². The molecular weight excluding hydrogens is 475 g/mol. The molecule has 1 N–H and O–H groups in total. The van der Waals surface area contributed by atoms with Gasteiger partial charge >= 0.3 is 0 Å². The maximum absolute atomic E-state index is 12.8. The molecule has 2 fully saturated rings. The molecule has 0 aromatic heterocycles. The van der Waals surface area contributed by atoms with E-state index in [1.165, 1.54) is 31.5 Å². The van der Waals surface area contributed by atoms with E-state index < -0.39 is 0 Å². The fraction of sp³-hybridized carbons (Fsp3) is 0.424. The minimum atomic E-state index is -0.134. The molecule has 5 heteroatoms. The Kier molecular flexibility index (Phi) is 12.0. The maximum Gasteiger partial charge on any atom is 0.254 e. The van der Waals surface area contributed by atoms with E-state index in [1.54, 1.807) is 18.2 Å². The van der Waals surface area contributed by atoms with E-state index in [0.29, 0.717) is 18.3 Å². The molecule has 2 aliphatic rings. The zero-order chi connectivity index (χ0) is 27.3. The topological polar surface area (TPSA) is 43.8 Å². The molecule has 38 heavy (non-hydrogen) atoms. The van der Waals surface area contributed by atoms with Gasteiger partial charge in [-0.25, -0.2) is 4.39 Å². The summed E-state index contributed by atoms with van der Waals surface area (Å²) >= 11 is 0. The molecule has 0 bridgehead atoms. The quantitative estimate of drug-likeness (QED) is 0.374. The van der Waals surface area contributed by atoms with Gasteiger partial charge in [0.15, 0.2) is 0 Å². The van der Waals surface area contributed by atoms with Crippen LogP contribution in [0.1, 0.15) is 61.4 Å². The standard InChI is InChI=1S/C16H17NO.C13H18FN.C4H8O/c1-12-9-10-17(11-12)16(18)15-8-4-6-13-5-2-3-7-14(13)15;1-2-15-9-7-12(8-10-15)11-3-5-13(14)6-4-11;1-2-3-4-5/h2-8,12H,9-11H2,1H3;3-6,12H,2,7-10H2,1H3;2,5H,1,3-4H2/t12-;;/m0../s1. The third-order valence-electron chi connectivity index (χ3n) is 7.44. The number of carbonyl (C=O) groups excluding carboxylic acids is 1. The first kappa shape index (κ1) is 29.5. The van der Waals surface area contributed by atoms with Crippen molar-refractivity contribution in [3.8, 4) is 0 Å². The smallest absolute Gasteiger partial charge is 0.254 e. The third-order valence-corrected chi connectivity index (χ3v) is 7.44. The average Bonchev–Trinajstić information content (AvgIpc) is 3.40. The number of halogens is 1. The molecule has 0 aliphatic carbocycles. The number of likely N-dealkylation sites (tertiary alicyclic amines) is 2. The summed E-state index contributed by atoms with van der Waals surface area (Å²) < 4.78 is 12.8. The van der Waals surface area contributed by atoms with Crippen LogP contribution >= 0.6 is 0 Å². The number of amides is 1. The zero-order valence-corrected chi connectivity index (χ0v) is 23.0. The van der Waals surface area contributed by atoms with E-state index in [4.69, 9.17) is 5.11 Å². The van der Waals surface area contributed by atoms with Crippen molar-refractivity contribution in [3.63, 3.8) is 0 Å². The van der Waals surface area contributed by atoms with Gasteiger partial charge in [-0.3, -0.25) is 4.79 Å². The third kappa shape index (κ3) is 8.50. The van der Waals surface area contributed by atoms with Gasteiger partial charge in [0.05, 0.1) is 0 Å². The van der Waals surface area contributed by atoms with Crippen molar-refractivity contribution < 1.29 is 14.3 Å². The van der Waals surface area contributed by atoms with Crippen molar-refractivity contribution >= 4 is 16.7 Å². The second-order valence-electron chi connectivity index (χ2n) is 10.2. The number of carbonyl (C=O) groups is 1. The highest BCUT2D eigenvalue weighted by molar-refractivity contribution is 6.07. The van der Waals surface area contributed by atoms with Crippen LogP contribution in [0.5, 0.6) is 0 Å². The molecule has 2 aliphatic heterocycles. The number of nitrogens with zero attached hydrogens (tertiary/aromatic N) is 2. The van der Waals surface area contributed by atoms with Crippen LogP contribution in [0.3, 0.4) is 0 Å². The Morgan fingerprint density at radius 1 is 1.00 bits per heavy atom. The number of aliphatic hydroxyl groups is 1. The van der Waals surface area contributed by atoms with Gasteiger partial charge in [0.2, 0.25) is 0 Å². The Balaban J connectivity index is 0.000000182. The highest BCUT2D eigenvalue weighted by atomic mass is 19.1. The summed E-state index contributed by atoms with van der Waals surface area (Å²) in [6.07, 6.45) is 5.93. The molecular formula is C33H43FN2O2. The van der Waals surface area contributed by atoms with Crippen molar-refractivity contribution in [2.45, 2.75) is 45.4 Å². The lowest BCUT2D eigenvalue weighted by molar-refractivity contribution is 0.0790. The normalized spacial score (nSPS) is 17.8. The van der Waals surface area contributed by atoms with Crippen LogP contribution < -0.4 is 0 Å². The molecule has 1 atom stereocenters. The van der Waals surface area contributed by atoms with Crippen molar-refractivity contribution in [1.82, 2.24) is 9.80 Å². The first-order valence-corrected chi connectivity index (χ1v) is 13.9. The highest BCUT2D eigenvalue weighted by Gasteiger charge is 2.25. The van der Waals surface area contributed by atoms with Gasteiger partial charge in [0.25, 0.3) is 5.91 Å². The summed E-state index contributed by atoms with van der Waals surface area (Å²) in [7, 11) is 0. The van der Waals surface area contributed by atoms with Gasteiger partial charge in [-0.1, -0.05) is 68.5 Å². The van der Waals surface area contributed by atoms with Crippen LogP contribution in [0.25, 0.3) is 10.8 Å². The number of piperidine rings is 1. The first-order chi connectivity index (χ1) is 18.5. The van der Waals surface area contributed by atoms with Crippen molar-refractivity contribution in [3.05, 3.63) is 96.3 Å². The van der Waals surface area contributed by atoms with E-state index in [-0.39, 0.29) is 18.3 Å². The van der Waals surface area contributed by atoms with Gasteiger partial charge < -0.3 is 14.9 Å².